The molecule has 1 heterocycles. The van der Waals surface area contributed by atoms with Crippen LogP contribution in [0.2, 0.25) is 0 Å². The fourth-order valence-corrected chi connectivity index (χ4v) is 2.61. The lowest BCUT2D eigenvalue weighted by molar-refractivity contribution is -0.137. The van der Waals surface area contributed by atoms with E-state index in [1.165, 1.54) is 0 Å². The summed E-state index contributed by atoms with van der Waals surface area (Å²) in [5, 5.41) is 9.51. The molecular formula is C15H14O5. The Morgan fingerprint density at radius 1 is 1.30 bits per heavy atom. The van der Waals surface area contributed by atoms with Gasteiger partial charge in [-0.1, -0.05) is 0 Å². The van der Waals surface area contributed by atoms with Crippen molar-refractivity contribution < 1.29 is 19.1 Å². The monoisotopic (exact) mass is 274 g/mol. The third kappa shape index (κ3) is 2.27. The zero-order valence-corrected chi connectivity index (χ0v) is 10.8. The predicted octanol–water partition coefficient (Wildman–Crippen LogP) is 2.14. The summed E-state index contributed by atoms with van der Waals surface area (Å²) in [5.74, 6) is -0.394. The highest BCUT2D eigenvalue weighted by Crippen LogP contribution is 2.29. The Bertz CT molecular complexity index is 729. The van der Waals surface area contributed by atoms with Crippen LogP contribution >= 0.6 is 0 Å². The van der Waals surface area contributed by atoms with Gasteiger partial charge in [0, 0.05) is 17.0 Å². The maximum Gasteiger partial charge on any atom is 0.339 e. The van der Waals surface area contributed by atoms with Crippen molar-refractivity contribution in [2.75, 3.05) is 6.61 Å². The van der Waals surface area contributed by atoms with E-state index in [1.807, 2.05) is 6.07 Å². The van der Waals surface area contributed by atoms with Crippen LogP contribution in [-0.4, -0.2) is 17.7 Å². The second-order valence-corrected chi connectivity index (χ2v) is 4.85. The molecule has 5 nitrogen and oxygen atoms in total. The Balaban J connectivity index is 1.94. The van der Waals surface area contributed by atoms with Gasteiger partial charge in [0.2, 0.25) is 0 Å². The van der Waals surface area contributed by atoms with Crippen LogP contribution in [0.15, 0.2) is 27.4 Å². The number of carboxylic acid groups (broad SMARTS) is 1. The number of hydrogen-bond acceptors (Lipinski definition) is 4. The minimum absolute atomic E-state index is 0.0633. The molecule has 0 atom stereocenters. The maximum absolute atomic E-state index is 11.9. The highest BCUT2D eigenvalue weighted by molar-refractivity contribution is 5.83. The quantitative estimate of drug-likeness (QED) is 0.864. The van der Waals surface area contributed by atoms with Crippen LogP contribution in [0.25, 0.3) is 11.0 Å². The van der Waals surface area contributed by atoms with Crippen molar-refractivity contribution in [2.45, 2.75) is 25.7 Å². The molecule has 5 heteroatoms. The summed E-state index contributed by atoms with van der Waals surface area (Å²) < 4.78 is 10.7. The SMILES string of the molecule is O=C(O)CCOc1ccc2c3c(c(=O)oc2c1)CCC3. The topological polar surface area (TPSA) is 76.7 Å². The number of aliphatic carboxylic acids is 1. The van der Waals surface area contributed by atoms with E-state index in [4.69, 9.17) is 14.3 Å². The molecule has 0 radical (unpaired) electrons. The molecule has 1 aromatic heterocycles. The third-order valence-corrected chi connectivity index (χ3v) is 3.53. The summed E-state index contributed by atoms with van der Waals surface area (Å²) in [7, 11) is 0. The second kappa shape index (κ2) is 5.00. The number of benzene rings is 1. The molecule has 1 N–H and O–H groups in total. The van der Waals surface area contributed by atoms with Gasteiger partial charge in [0.25, 0.3) is 0 Å². The predicted molar refractivity (Wildman–Crippen MR) is 72.3 cm³/mol. The Hall–Kier alpha value is -2.30. The Kier molecular flexibility index (Phi) is 3.18. The summed E-state index contributed by atoms with van der Waals surface area (Å²) in [6.45, 7) is 0.0933. The first kappa shape index (κ1) is 12.7. The van der Waals surface area contributed by atoms with Crippen molar-refractivity contribution in [3.05, 3.63) is 39.7 Å². The van der Waals surface area contributed by atoms with Gasteiger partial charge in [-0.25, -0.2) is 4.79 Å². The summed E-state index contributed by atoms with van der Waals surface area (Å²) in [6.07, 6.45) is 2.60. The number of rotatable bonds is 4. The molecule has 2 aromatic rings. The van der Waals surface area contributed by atoms with Crippen molar-refractivity contribution in [2.24, 2.45) is 0 Å². The van der Waals surface area contributed by atoms with Gasteiger partial charge >= 0.3 is 11.6 Å². The summed E-state index contributed by atoms with van der Waals surface area (Å²) >= 11 is 0. The van der Waals surface area contributed by atoms with Crippen molar-refractivity contribution in [1.82, 2.24) is 0 Å². The first-order valence-electron chi connectivity index (χ1n) is 6.58. The van der Waals surface area contributed by atoms with Gasteiger partial charge in [-0.3, -0.25) is 4.79 Å². The number of hydrogen-bond donors (Lipinski definition) is 1. The van der Waals surface area contributed by atoms with Crippen molar-refractivity contribution in [1.29, 1.82) is 0 Å². The van der Waals surface area contributed by atoms with Crippen LogP contribution in [0.3, 0.4) is 0 Å². The molecule has 0 unspecified atom stereocenters. The minimum atomic E-state index is -0.907. The smallest absolute Gasteiger partial charge is 0.339 e. The van der Waals surface area contributed by atoms with Crippen LogP contribution in [-0.2, 0) is 17.6 Å². The van der Waals surface area contributed by atoms with Crippen molar-refractivity contribution in [3.8, 4) is 5.75 Å². The van der Waals surface area contributed by atoms with Crippen LogP contribution < -0.4 is 10.4 Å². The van der Waals surface area contributed by atoms with Crippen LogP contribution in [0.1, 0.15) is 24.0 Å². The standard InChI is InChI=1S/C15H14O5/c16-14(17)6-7-19-9-4-5-11-10-2-1-3-12(10)15(18)20-13(11)8-9/h4-5,8H,1-3,6-7H2,(H,16,17). The Morgan fingerprint density at radius 2 is 2.10 bits per heavy atom. The fraction of sp³-hybridized carbons (Fsp3) is 0.333. The van der Waals surface area contributed by atoms with Gasteiger partial charge in [-0.15, -0.1) is 0 Å². The van der Waals surface area contributed by atoms with Gasteiger partial charge in [0.15, 0.2) is 0 Å². The van der Waals surface area contributed by atoms with E-state index < -0.39 is 5.97 Å². The number of fused-ring (bicyclic) bond motifs is 3. The molecule has 0 amide bonds. The molecule has 20 heavy (non-hydrogen) atoms. The molecule has 0 saturated carbocycles. The lowest BCUT2D eigenvalue weighted by Gasteiger charge is -2.07. The molecule has 1 aliphatic rings. The molecule has 0 spiro atoms. The van der Waals surface area contributed by atoms with Crippen LogP contribution in [0, 0.1) is 0 Å². The average molecular weight is 274 g/mol. The second-order valence-electron chi connectivity index (χ2n) is 4.85. The minimum Gasteiger partial charge on any atom is -0.493 e. The van der Waals surface area contributed by atoms with Gasteiger partial charge in [0.05, 0.1) is 13.0 Å². The lowest BCUT2D eigenvalue weighted by Crippen LogP contribution is -2.07. The number of ether oxygens (including phenoxy) is 1. The highest BCUT2D eigenvalue weighted by Gasteiger charge is 2.19. The molecule has 1 aromatic carbocycles. The number of aryl methyl sites for hydroxylation is 1. The van der Waals surface area contributed by atoms with Gasteiger partial charge < -0.3 is 14.3 Å². The molecule has 0 saturated heterocycles. The van der Waals surface area contributed by atoms with Crippen molar-refractivity contribution >= 4 is 16.9 Å². The highest BCUT2D eigenvalue weighted by atomic mass is 16.5. The summed E-state index contributed by atoms with van der Waals surface area (Å²) in [5.41, 5.74) is 2.10. The molecular weight excluding hydrogens is 260 g/mol. The molecule has 0 bridgehead atoms. The van der Waals surface area contributed by atoms with E-state index in [1.54, 1.807) is 12.1 Å². The lowest BCUT2D eigenvalue weighted by atomic mass is 10.1. The summed E-state index contributed by atoms with van der Waals surface area (Å²) in [4.78, 5) is 22.3. The molecule has 1 aliphatic carbocycles. The number of carboxylic acids is 1. The van der Waals surface area contributed by atoms with E-state index in [0.29, 0.717) is 11.3 Å². The Morgan fingerprint density at radius 3 is 2.90 bits per heavy atom. The fourth-order valence-electron chi connectivity index (χ4n) is 2.61. The molecule has 104 valence electrons. The number of carbonyl (C=O) groups is 1. The Labute approximate surface area is 114 Å². The van der Waals surface area contributed by atoms with E-state index in [-0.39, 0.29) is 18.7 Å². The molecule has 3 rings (SSSR count). The van der Waals surface area contributed by atoms with E-state index in [0.717, 1.165) is 35.8 Å². The largest absolute Gasteiger partial charge is 0.493 e. The average Bonchev–Trinajstić information content (AvgIpc) is 2.88. The summed E-state index contributed by atoms with van der Waals surface area (Å²) in [6, 6.07) is 5.30. The van der Waals surface area contributed by atoms with Crippen LogP contribution in [0.5, 0.6) is 5.75 Å². The first-order valence-corrected chi connectivity index (χ1v) is 6.58. The maximum atomic E-state index is 11.9. The molecule has 0 fully saturated rings. The first-order chi connectivity index (χ1) is 9.65. The third-order valence-electron chi connectivity index (χ3n) is 3.53. The zero-order valence-electron chi connectivity index (χ0n) is 10.8. The van der Waals surface area contributed by atoms with E-state index in [2.05, 4.69) is 0 Å². The van der Waals surface area contributed by atoms with Gasteiger partial charge in [-0.2, -0.15) is 0 Å². The zero-order chi connectivity index (χ0) is 14.1. The molecule has 0 aliphatic heterocycles. The van der Waals surface area contributed by atoms with E-state index in [9.17, 15) is 9.59 Å². The van der Waals surface area contributed by atoms with E-state index >= 15 is 0 Å². The van der Waals surface area contributed by atoms with Crippen LogP contribution in [0.4, 0.5) is 0 Å². The van der Waals surface area contributed by atoms with Gasteiger partial charge in [-0.05, 0) is 37.0 Å². The van der Waals surface area contributed by atoms with Crippen molar-refractivity contribution in [3.63, 3.8) is 0 Å². The van der Waals surface area contributed by atoms with Gasteiger partial charge in [0.1, 0.15) is 11.3 Å². The normalized spacial score (nSPS) is 13.4.